The number of nitrogens with zero attached hydrogens (tertiary/aromatic N) is 2. The van der Waals surface area contributed by atoms with Crippen LogP contribution in [0, 0.1) is 0 Å². The minimum Gasteiger partial charge on any atom is -0.444 e. The van der Waals surface area contributed by atoms with Crippen molar-refractivity contribution in [2.75, 3.05) is 19.0 Å². The van der Waals surface area contributed by atoms with Crippen LogP contribution in [0.2, 0.25) is 0 Å². The third kappa shape index (κ3) is 4.86. The Kier molecular flexibility index (Phi) is 4.51. The largest absolute Gasteiger partial charge is 0.444 e. The fourth-order valence-electron chi connectivity index (χ4n) is 1.20. The highest BCUT2D eigenvalue weighted by atomic mass is 16.6. The van der Waals surface area contributed by atoms with E-state index in [-0.39, 0.29) is 0 Å². The maximum atomic E-state index is 11.5. The molecule has 1 N–H and O–H groups in total. The van der Waals surface area contributed by atoms with Gasteiger partial charge in [0.25, 0.3) is 0 Å². The second-order valence-corrected chi connectivity index (χ2v) is 4.56. The third-order valence-electron chi connectivity index (χ3n) is 1.85. The normalized spacial score (nSPS) is 11.3. The summed E-state index contributed by atoms with van der Waals surface area (Å²) < 4.78 is 11.7. The standard InChI is InChI=1S/C11H19N3O3/c1-11(2,3)17-10(15)13-9-5-6-12-14(9)7-8-16-4/h5-6H,7-8H2,1-4H3,(H,13,15). The third-order valence-corrected chi connectivity index (χ3v) is 1.85. The van der Waals surface area contributed by atoms with Crippen LogP contribution in [-0.2, 0) is 16.0 Å². The molecule has 0 aliphatic heterocycles. The molecule has 0 aliphatic rings. The van der Waals surface area contributed by atoms with Crippen molar-refractivity contribution in [3.05, 3.63) is 12.3 Å². The average molecular weight is 241 g/mol. The predicted octanol–water partition coefficient (Wildman–Crippen LogP) is 1.88. The lowest BCUT2D eigenvalue weighted by atomic mass is 10.2. The molecule has 1 rings (SSSR count). The molecule has 1 heterocycles. The van der Waals surface area contributed by atoms with E-state index in [1.165, 1.54) is 0 Å². The van der Waals surface area contributed by atoms with Crippen LogP contribution in [0.15, 0.2) is 12.3 Å². The summed E-state index contributed by atoms with van der Waals surface area (Å²) in [5.74, 6) is 0.594. The van der Waals surface area contributed by atoms with Crippen LogP contribution in [0.3, 0.4) is 0 Å². The van der Waals surface area contributed by atoms with Crippen LogP contribution >= 0.6 is 0 Å². The summed E-state index contributed by atoms with van der Waals surface area (Å²) in [5, 5.41) is 6.71. The number of carbonyl (C=O) groups is 1. The van der Waals surface area contributed by atoms with Crippen molar-refractivity contribution in [2.24, 2.45) is 0 Å². The Morgan fingerprint density at radius 2 is 2.24 bits per heavy atom. The summed E-state index contributed by atoms with van der Waals surface area (Å²) in [5.41, 5.74) is -0.512. The number of hydrogen-bond acceptors (Lipinski definition) is 4. The molecule has 1 aromatic rings. The van der Waals surface area contributed by atoms with E-state index in [9.17, 15) is 4.79 Å². The van der Waals surface area contributed by atoms with Crippen molar-refractivity contribution in [3.8, 4) is 0 Å². The molecule has 0 unspecified atom stereocenters. The van der Waals surface area contributed by atoms with Gasteiger partial charge in [0.1, 0.15) is 11.4 Å². The summed E-state index contributed by atoms with van der Waals surface area (Å²) in [4.78, 5) is 11.5. The quantitative estimate of drug-likeness (QED) is 0.874. The topological polar surface area (TPSA) is 65.4 Å². The lowest BCUT2D eigenvalue weighted by molar-refractivity contribution is 0.0634. The van der Waals surface area contributed by atoms with Crippen molar-refractivity contribution >= 4 is 11.9 Å². The zero-order valence-corrected chi connectivity index (χ0v) is 10.7. The summed E-state index contributed by atoms with van der Waals surface area (Å²) in [7, 11) is 1.62. The van der Waals surface area contributed by atoms with Crippen LogP contribution in [-0.4, -0.2) is 35.2 Å². The molecule has 0 bridgehead atoms. The summed E-state index contributed by atoms with van der Waals surface area (Å²) in [6.45, 7) is 6.55. The van der Waals surface area contributed by atoms with E-state index in [1.807, 2.05) is 20.8 Å². The maximum Gasteiger partial charge on any atom is 0.413 e. The Bertz CT molecular complexity index is 368. The highest BCUT2D eigenvalue weighted by Gasteiger charge is 2.17. The van der Waals surface area contributed by atoms with E-state index < -0.39 is 11.7 Å². The molecule has 0 atom stereocenters. The molecule has 0 spiro atoms. The van der Waals surface area contributed by atoms with Crippen molar-refractivity contribution in [1.82, 2.24) is 9.78 Å². The van der Waals surface area contributed by atoms with Gasteiger partial charge in [-0.2, -0.15) is 5.10 Å². The maximum absolute atomic E-state index is 11.5. The van der Waals surface area contributed by atoms with Gasteiger partial charge >= 0.3 is 6.09 Å². The van der Waals surface area contributed by atoms with Crippen molar-refractivity contribution in [2.45, 2.75) is 32.9 Å². The predicted molar refractivity (Wildman–Crippen MR) is 64.0 cm³/mol. The number of ether oxygens (including phenoxy) is 2. The molecule has 17 heavy (non-hydrogen) atoms. The number of methoxy groups -OCH3 is 1. The Balaban J connectivity index is 2.56. The van der Waals surface area contributed by atoms with Gasteiger partial charge in [-0.05, 0) is 20.8 Å². The minimum atomic E-state index is -0.512. The van der Waals surface area contributed by atoms with E-state index in [1.54, 1.807) is 24.1 Å². The number of amides is 1. The van der Waals surface area contributed by atoms with Gasteiger partial charge in [-0.25, -0.2) is 9.48 Å². The lowest BCUT2D eigenvalue weighted by Gasteiger charge is -2.19. The minimum absolute atomic E-state index is 0.489. The molecule has 0 saturated heterocycles. The molecular formula is C11H19N3O3. The Labute approximate surface area is 101 Å². The SMILES string of the molecule is COCCn1nccc1NC(=O)OC(C)(C)C. The number of carbonyl (C=O) groups excluding carboxylic acids is 1. The van der Waals surface area contributed by atoms with Crippen LogP contribution in [0.25, 0.3) is 0 Å². The molecule has 1 amide bonds. The fourth-order valence-corrected chi connectivity index (χ4v) is 1.20. The van der Waals surface area contributed by atoms with Gasteiger partial charge in [-0.15, -0.1) is 0 Å². The molecule has 6 heteroatoms. The van der Waals surface area contributed by atoms with E-state index in [2.05, 4.69) is 10.4 Å². The van der Waals surface area contributed by atoms with Crippen LogP contribution in [0.4, 0.5) is 10.6 Å². The van der Waals surface area contributed by atoms with E-state index >= 15 is 0 Å². The highest BCUT2D eigenvalue weighted by molar-refractivity contribution is 5.83. The van der Waals surface area contributed by atoms with Gasteiger partial charge < -0.3 is 9.47 Å². The van der Waals surface area contributed by atoms with Crippen LogP contribution in [0.1, 0.15) is 20.8 Å². The number of anilines is 1. The average Bonchev–Trinajstić information content (AvgIpc) is 2.59. The fraction of sp³-hybridized carbons (Fsp3) is 0.636. The summed E-state index contributed by atoms with van der Waals surface area (Å²) in [6, 6.07) is 1.71. The van der Waals surface area contributed by atoms with Gasteiger partial charge in [-0.3, -0.25) is 5.32 Å². The first-order valence-electron chi connectivity index (χ1n) is 5.43. The van der Waals surface area contributed by atoms with E-state index in [0.717, 1.165) is 0 Å². The van der Waals surface area contributed by atoms with E-state index in [0.29, 0.717) is 19.0 Å². The lowest BCUT2D eigenvalue weighted by Crippen LogP contribution is -2.28. The Morgan fingerprint density at radius 1 is 1.53 bits per heavy atom. The second kappa shape index (κ2) is 5.67. The highest BCUT2D eigenvalue weighted by Crippen LogP contribution is 2.11. The zero-order chi connectivity index (χ0) is 12.9. The molecule has 96 valence electrons. The van der Waals surface area contributed by atoms with Gasteiger partial charge in [0.2, 0.25) is 0 Å². The number of rotatable bonds is 4. The first kappa shape index (κ1) is 13.5. The second-order valence-electron chi connectivity index (χ2n) is 4.56. The van der Waals surface area contributed by atoms with Gasteiger partial charge in [0.15, 0.2) is 0 Å². The Morgan fingerprint density at radius 3 is 2.82 bits per heavy atom. The monoisotopic (exact) mass is 241 g/mol. The smallest absolute Gasteiger partial charge is 0.413 e. The molecule has 1 aromatic heterocycles. The number of nitrogens with one attached hydrogen (secondary N) is 1. The Hall–Kier alpha value is -1.56. The van der Waals surface area contributed by atoms with Gasteiger partial charge in [0.05, 0.1) is 19.3 Å². The van der Waals surface area contributed by atoms with Crippen molar-refractivity contribution < 1.29 is 14.3 Å². The van der Waals surface area contributed by atoms with Crippen molar-refractivity contribution in [3.63, 3.8) is 0 Å². The van der Waals surface area contributed by atoms with E-state index in [4.69, 9.17) is 9.47 Å². The molecule has 0 radical (unpaired) electrons. The van der Waals surface area contributed by atoms with Gasteiger partial charge in [-0.1, -0.05) is 0 Å². The molecule has 0 fully saturated rings. The molecular weight excluding hydrogens is 222 g/mol. The van der Waals surface area contributed by atoms with Crippen LogP contribution in [0.5, 0.6) is 0 Å². The first-order valence-corrected chi connectivity index (χ1v) is 5.43. The number of aromatic nitrogens is 2. The van der Waals surface area contributed by atoms with Gasteiger partial charge in [0, 0.05) is 13.2 Å². The molecule has 0 saturated carbocycles. The van der Waals surface area contributed by atoms with Crippen LogP contribution < -0.4 is 5.32 Å². The summed E-state index contributed by atoms with van der Waals surface area (Å²) in [6.07, 6.45) is 1.12. The first-order chi connectivity index (χ1) is 7.92. The zero-order valence-electron chi connectivity index (χ0n) is 10.7. The molecule has 6 nitrogen and oxygen atoms in total. The number of hydrogen-bond donors (Lipinski definition) is 1. The molecule has 0 aromatic carbocycles. The van der Waals surface area contributed by atoms with Crippen molar-refractivity contribution in [1.29, 1.82) is 0 Å². The summed E-state index contributed by atoms with van der Waals surface area (Å²) >= 11 is 0. The molecule has 0 aliphatic carbocycles.